The first-order valence-electron chi connectivity index (χ1n) is 11.9. The van der Waals surface area contributed by atoms with E-state index in [-0.39, 0.29) is 37.7 Å². The van der Waals surface area contributed by atoms with Gasteiger partial charge in [-0.1, -0.05) is 6.07 Å². The maximum Gasteiger partial charge on any atom is 0.411 e. The van der Waals surface area contributed by atoms with Crippen LogP contribution in [0.5, 0.6) is 0 Å². The largest absolute Gasteiger partial charge is 0.444 e. The molecule has 3 aromatic rings. The van der Waals surface area contributed by atoms with Gasteiger partial charge in [0.15, 0.2) is 5.82 Å². The van der Waals surface area contributed by atoms with E-state index in [1.165, 1.54) is 6.07 Å². The van der Waals surface area contributed by atoms with Crippen LogP contribution in [0.3, 0.4) is 0 Å². The number of benzene rings is 1. The van der Waals surface area contributed by atoms with Gasteiger partial charge < -0.3 is 4.74 Å². The number of hydrogen-bond acceptors (Lipinski definition) is 5. The summed E-state index contributed by atoms with van der Waals surface area (Å²) in [5, 5.41) is 8.17. The molecule has 35 heavy (non-hydrogen) atoms. The first-order valence-corrected chi connectivity index (χ1v) is 11.9. The number of ether oxygens (including phenoxy) is 1. The van der Waals surface area contributed by atoms with Crippen molar-refractivity contribution in [1.29, 1.82) is 0 Å². The van der Waals surface area contributed by atoms with Crippen LogP contribution in [0.2, 0.25) is 0 Å². The highest BCUT2D eigenvalue weighted by molar-refractivity contribution is 5.69. The van der Waals surface area contributed by atoms with E-state index >= 15 is 4.39 Å². The molecule has 1 aromatic carbocycles. The molecule has 0 radical (unpaired) electrons. The molecule has 2 aromatic heterocycles. The summed E-state index contributed by atoms with van der Waals surface area (Å²) in [5.41, 5.74) is 0.419. The molecule has 0 saturated heterocycles. The Balaban J connectivity index is 1.42. The van der Waals surface area contributed by atoms with E-state index in [2.05, 4.69) is 15.2 Å². The molecule has 0 N–H and O–H groups in total. The molecule has 1 aliphatic carbocycles. The summed E-state index contributed by atoms with van der Waals surface area (Å²) >= 11 is 0. The first kappa shape index (κ1) is 23.4. The molecule has 5 rings (SSSR count). The van der Waals surface area contributed by atoms with E-state index in [1.54, 1.807) is 29.6 Å². The normalized spacial score (nSPS) is 22.2. The number of hydrogen-bond donors (Lipinski definition) is 0. The van der Waals surface area contributed by atoms with E-state index in [9.17, 15) is 9.18 Å². The highest BCUT2D eigenvalue weighted by Crippen LogP contribution is 2.46. The average Bonchev–Trinajstić information content (AvgIpc) is 3.20. The SMILES string of the molecule is CC(C)(C)OC(=O)N1Cc2cc(C3(F)CCC(c4ncccc4F)CC3)ccc2-n2cnnc2C1. The number of carbonyl (C=O) groups is 1. The smallest absolute Gasteiger partial charge is 0.411 e. The Morgan fingerprint density at radius 1 is 1.17 bits per heavy atom. The number of fused-ring (bicyclic) bond motifs is 3. The van der Waals surface area contributed by atoms with Gasteiger partial charge in [-0.25, -0.2) is 13.6 Å². The van der Waals surface area contributed by atoms with E-state index in [0.717, 1.165) is 11.3 Å². The Kier molecular flexibility index (Phi) is 5.81. The number of pyridine rings is 1. The maximum absolute atomic E-state index is 16.2. The summed E-state index contributed by atoms with van der Waals surface area (Å²) in [6, 6.07) is 8.47. The van der Waals surface area contributed by atoms with Crippen molar-refractivity contribution in [2.75, 3.05) is 0 Å². The van der Waals surface area contributed by atoms with Crippen LogP contribution in [0.1, 0.15) is 75.0 Å². The standard InChI is InChI=1S/C26H29F2N5O2/c1-25(2,3)35-24(34)32-14-18-13-19(6-7-21(18)33-16-30-31-22(33)15-32)26(28)10-8-17(9-11-26)23-20(27)5-4-12-29-23/h4-7,12-13,16-17H,8-11,14-15H2,1-3H3. The van der Waals surface area contributed by atoms with Crippen molar-refractivity contribution in [3.63, 3.8) is 0 Å². The van der Waals surface area contributed by atoms with Crippen molar-refractivity contribution >= 4 is 6.09 Å². The minimum absolute atomic E-state index is 0.0943. The minimum Gasteiger partial charge on any atom is -0.444 e. The fourth-order valence-electron chi connectivity index (χ4n) is 5.02. The van der Waals surface area contributed by atoms with Crippen molar-refractivity contribution in [2.24, 2.45) is 0 Å². The Labute approximate surface area is 203 Å². The Hall–Kier alpha value is -3.36. The van der Waals surface area contributed by atoms with Crippen molar-refractivity contribution in [2.45, 2.75) is 76.7 Å². The van der Waals surface area contributed by atoms with Crippen molar-refractivity contribution in [3.8, 4) is 5.69 Å². The summed E-state index contributed by atoms with van der Waals surface area (Å²) in [7, 11) is 0. The zero-order chi connectivity index (χ0) is 24.8. The number of aromatic nitrogens is 4. The third-order valence-electron chi connectivity index (χ3n) is 6.77. The van der Waals surface area contributed by atoms with Gasteiger partial charge in [0.2, 0.25) is 0 Å². The van der Waals surface area contributed by atoms with Crippen LogP contribution < -0.4 is 0 Å². The molecule has 0 bridgehead atoms. The molecule has 0 atom stereocenters. The molecule has 1 amide bonds. The predicted molar refractivity (Wildman–Crippen MR) is 125 cm³/mol. The van der Waals surface area contributed by atoms with Crippen LogP contribution in [0, 0.1) is 5.82 Å². The summed E-state index contributed by atoms with van der Waals surface area (Å²) in [6.07, 6.45) is 4.31. The van der Waals surface area contributed by atoms with Crippen LogP contribution in [0.15, 0.2) is 42.9 Å². The number of halogens is 2. The Morgan fingerprint density at radius 2 is 1.94 bits per heavy atom. The van der Waals surface area contributed by atoms with E-state index in [4.69, 9.17) is 4.74 Å². The third kappa shape index (κ3) is 4.63. The Morgan fingerprint density at radius 3 is 2.66 bits per heavy atom. The second-order valence-electron chi connectivity index (χ2n) is 10.4. The number of alkyl halides is 1. The molecule has 2 aliphatic rings. The van der Waals surface area contributed by atoms with Crippen molar-refractivity contribution < 1.29 is 18.3 Å². The lowest BCUT2D eigenvalue weighted by Crippen LogP contribution is -2.36. The summed E-state index contributed by atoms with van der Waals surface area (Å²) in [5.74, 6) is 0.180. The fourth-order valence-corrected chi connectivity index (χ4v) is 5.02. The molecular weight excluding hydrogens is 452 g/mol. The minimum atomic E-state index is -1.53. The lowest BCUT2D eigenvalue weighted by molar-refractivity contribution is 0.0214. The van der Waals surface area contributed by atoms with Crippen LogP contribution >= 0.6 is 0 Å². The summed E-state index contributed by atoms with van der Waals surface area (Å²) < 4.78 is 37.9. The first-order chi connectivity index (χ1) is 16.6. The zero-order valence-electron chi connectivity index (χ0n) is 20.2. The molecule has 3 heterocycles. The van der Waals surface area contributed by atoms with Gasteiger partial charge in [-0.2, -0.15) is 0 Å². The second kappa shape index (κ2) is 8.70. The quantitative estimate of drug-likeness (QED) is 0.478. The van der Waals surface area contributed by atoms with Crippen molar-refractivity contribution in [1.82, 2.24) is 24.6 Å². The number of rotatable bonds is 2. The molecule has 1 aliphatic heterocycles. The van der Waals surface area contributed by atoms with Crippen LogP contribution in [-0.2, 0) is 23.5 Å². The molecular formula is C26H29F2N5O2. The average molecular weight is 482 g/mol. The lowest BCUT2D eigenvalue weighted by Gasteiger charge is -2.34. The van der Waals surface area contributed by atoms with E-state index in [1.807, 2.05) is 37.5 Å². The van der Waals surface area contributed by atoms with Gasteiger partial charge in [0.1, 0.15) is 23.4 Å². The van der Waals surface area contributed by atoms with Crippen molar-refractivity contribution in [3.05, 3.63) is 71.3 Å². The van der Waals surface area contributed by atoms with Gasteiger partial charge >= 0.3 is 6.09 Å². The van der Waals surface area contributed by atoms with Gasteiger partial charge in [0.05, 0.1) is 24.5 Å². The maximum atomic E-state index is 16.2. The molecule has 1 saturated carbocycles. The highest BCUT2D eigenvalue weighted by atomic mass is 19.1. The molecule has 1 fully saturated rings. The monoisotopic (exact) mass is 481 g/mol. The molecule has 184 valence electrons. The van der Waals surface area contributed by atoms with Gasteiger partial charge in [-0.3, -0.25) is 14.5 Å². The summed E-state index contributed by atoms with van der Waals surface area (Å²) in [6.45, 7) is 5.95. The van der Waals surface area contributed by atoms with Crippen LogP contribution in [-0.4, -0.2) is 36.3 Å². The van der Waals surface area contributed by atoms with E-state index < -0.39 is 17.4 Å². The fraction of sp³-hybridized carbons (Fsp3) is 0.462. The number of amides is 1. The van der Waals surface area contributed by atoms with Crippen LogP contribution in [0.4, 0.5) is 13.6 Å². The highest BCUT2D eigenvalue weighted by Gasteiger charge is 2.39. The topological polar surface area (TPSA) is 73.1 Å². The zero-order valence-corrected chi connectivity index (χ0v) is 20.2. The number of nitrogens with zero attached hydrogens (tertiary/aromatic N) is 5. The molecule has 7 nitrogen and oxygen atoms in total. The second-order valence-corrected chi connectivity index (χ2v) is 10.4. The summed E-state index contributed by atoms with van der Waals surface area (Å²) in [4.78, 5) is 18.6. The van der Waals surface area contributed by atoms with E-state index in [0.29, 0.717) is 29.9 Å². The molecule has 9 heteroatoms. The van der Waals surface area contributed by atoms with Gasteiger partial charge in [-0.15, -0.1) is 10.2 Å². The third-order valence-corrected chi connectivity index (χ3v) is 6.77. The van der Waals surface area contributed by atoms with Crippen LogP contribution in [0.25, 0.3) is 5.69 Å². The molecule has 0 unspecified atom stereocenters. The Bertz CT molecular complexity index is 1240. The molecule has 0 spiro atoms. The van der Waals surface area contributed by atoms with Gasteiger partial charge in [0, 0.05) is 12.1 Å². The lowest BCUT2D eigenvalue weighted by atomic mass is 9.75. The van der Waals surface area contributed by atoms with Gasteiger partial charge in [0.25, 0.3) is 0 Å². The van der Waals surface area contributed by atoms with Gasteiger partial charge in [-0.05, 0) is 81.8 Å². The number of carbonyl (C=O) groups excluding carboxylic acids is 1. The predicted octanol–water partition coefficient (Wildman–Crippen LogP) is 5.57.